The molecular weight excluding hydrogens is 411 g/mol. The van der Waals surface area contributed by atoms with Gasteiger partial charge in [0.2, 0.25) is 5.91 Å². The maximum atomic E-state index is 13.4. The van der Waals surface area contributed by atoms with E-state index in [4.69, 9.17) is 0 Å². The molecule has 1 N–H and O–H groups in total. The molecule has 31 heavy (non-hydrogen) atoms. The molecule has 0 spiro atoms. The second-order valence-corrected chi connectivity index (χ2v) is 8.66. The van der Waals surface area contributed by atoms with Crippen LogP contribution in [0.1, 0.15) is 18.2 Å². The Hall–Kier alpha value is -2.77. The number of carbonyl (C=O) groups excluding carboxylic acids is 1. The van der Waals surface area contributed by atoms with Crippen LogP contribution in [0.2, 0.25) is 0 Å². The van der Waals surface area contributed by atoms with Crippen molar-refractivity contribution < 1.29 is 9.18 Å². The fourth-order valence-corrected chi connectivity index (χ4v) is 4.72. The summed E-state index contributed by atoms with van der Waals surface area (Å²) < 4.78 is 13.4. The second kappa shape index (κ2) is 9.58. The van der Waals surface area contributed by atoms with Gasteiger partial charge in [0, 0.05) is 48.5 Å². The largest absolute Gasteiger partial charge is 0.369 e. The van der Waals surface area contributed by atoms with E-state index in [2.05, 4.69) is 40.0 Å². The van der Waals surface area contributed by atoms with Crippen molar-refractivity contribution in [2.45, 2.75) is 20.3 Å². The van der Waals surface area contributed by atoms with Crippen LogP contribution in [-0.2, 0) is 11.2 Å². The van der Waals surface area contributed by atoms with Crippen molar-refractivity contribution >= 4 is 28.6 Å². The van der Waals surface area contributed by atoms with Crippen LogP contribution in [0.5, 0.6) is 0 Å². The summed E-state index contributed by atoms with van der Waals surface area (Å²) in [6.45, 7) is 9.60. The number of aryl methyl sites for hydroxylation is 1. The van der Waals surface area contributed by atoms with E-state index in [1.54, 1.807) is 6.07 Å². The third kappa shape index (κ3) is 5.29. The van der Waals surface area contributed by atoms with Crippen LogP contribution in [-0.4, -0.2) is 48.5 Å². The number of aromatic nitrogens is 1. The van der Waals surface area contributed by atoms with Crippen molar-refractivity contribution in [1.29, 1.82) is 0 Å². The smallest absolute Gasteiger partial charge is 0.230 e. The molecule has 0 atom stereocenters. The van der Waals surface area contributed by atoms with E-state index in [0.29, 0.717) is 10.7 Å². The molecule has 0 bridgehead atoms. The number of hydrogen-bond acceptors (Lipinski definition) is 5. The zero-order chi connectivity index (χ0) is 21.8. The Bertz CT molecular complexity index is 1060. The zero-order valence-corrected chi connectivity index (χ0v) is 18.7. The molecule has 1 fully saturated rings. The summed E-state index contributed by atoms with van der Waals surface area (Å²) in [6, 6.07) is 12.4. The molecule has 162 valence electrons. The highest BCUT2D eigenvalue weighted by atomic mass is 32.1. The molecule has 0 unspecified atom stereocenters. The van der Waals surface area contributed by atoms with Gasteiger partial charge in [-0.25, -0.2) is 9.37 Å². The summed E-state index contributed by atoms with van der Waals surface area (Å²) in [7, 11) is 0. The first kappa shape index (κ1) is 21.5. The summed E-state index contributed by atoms with van der Waals surface area (Å²) in [5, 5.41) is 5.54. The fraction of sp³-hybridized carbons (Fsp3) is 0.333. The third-order valence-corrected chi connectivity index (χ3v) is 6.55. The molecule has 5 nitrogen and oxygen atoms in total. The van der Waals surface area contributed by atoms with Crippen molar-refractivity contribution in [3.8, 4) is 10.6 Å². The lowest BCUT2D eigenvalue weighted by Crippen LogP contribution is -2.46. The van der Waals surface area contributed by atoms with Gasteiger partial charge in [-0.3, -0.25) is 4.79 Å². The lowest BCUT2D eigenvalue weighted by atomic mass is 10.1. The molecule has 0 aliphatic carbocycles. The van der Waals surface area contributed by atoms with E-state index in [9.17, 15) is 9.18 Å². The molecule has 2 heterocycles. The van der Waals surface area contributed by atoms with Crippen molar-refractivity contribution in [3.05, 3.63) is 64.9 Å². The monoisotopic (exact) mass is 438 g/mol. The highest BCUT2D eigenvalue weighted by Crippen LogP contribution is 2.26. The fourth-order valence-electron chi connectivity index (χ4n) is 3.90. The third-order valence-electron chi connectivity index (χ3n) is 5.61. The predicted molar refractivity (Wildman–Crippen MR) is 125 cm³/mol. The summed E-state index contributed by atoms with van der Waals surface area (Å²) in [4.78, 5) is 21.9. The van der Waals surface area contributed by atoms with Gasteiger partial charge in [-0.15, -0.1) is 11.3 Å². The Labute approximate surface area is 186 Å². The van der Waals surface area contributed by atoms with Gasteiger partial charge in [-0.05, 0) is 49.4 Å². The highest BCUT2D eigenvalue weighted by molar-refractivity contribution is 7.13. The second-order valence-electron chi connectivity index (χ2n) is 7.80. The average Bonchev–Trinajstić information content (AvgIpc) is 3.22. The lowest BCUT2D eigenvalue weighted by Gasteiger charge is -2.36. The van der Waals surface area contributed by atoms with Crippen molar-refractivity contribution in [2.75, 3.05) is 42.9 Å². The van der Waals surface area contributed by atoms with Crippen LogP contribution in [0, 0.1) is 12.7 Å². The van der Waals surface area contributed by atoms with Crippen LogP contribution in [0.3, 0.4) is 0 Å². The van der Waals surface area contributed by atoms with Crippen molar-refractivity contribution in [2.24, 2.45) is 0 Å². The lowest BCUT2D eigenvalue weighted by molar-refractivity contribution is -0.115. The maximum absolute atomic E-state index is 13.4. The van der Waals surface area contributed by atoms with Crippen LogP contribution < -0.4 is 10.2 Å². The number of carbonyl (C=O) groups is 1. The molecule has 1 amide bonds. The normalized spacial score (nSPS) is 14.6. The quantitative estimate of drug-likeness (QED) is 0.612. The van der Waals surface area contributed by atoms with Gasteiger partial charge in [0.05, 0.1) is 12.1 Å². The molecule has 7 heteroatoms. The van der Waals surface area contributed by atoms with E-state index in [0.717, 1.165) is 49.5 Å². The summed E-state index contributed by atoms with van der Waals surface area (Å²) in [5.74, 6) is -0.405. The topological polar surface area (TPSA) is 48.5 Å². The van der Waals surface area contributed by atoms with E-state index >= 15 is 0 Å². The summed E-state index contributed by atoms with van der Waals surface area (Å²) in [5.41, 5.74) is 4.59. The van der Waals surface area contributed by atoms with E-state index in [1.165, 1.54) is 29.2 Å². The Morgan fingerprint density at radius 1 is 1.16 bits per heavy atom. The van der Waals surface area contributed by atoms with Crippen molar-refractivity contribution in [1.82, 2.24) is 9.88 Å². The molecular formula is C24H27FN4OS. The van der Waals surface area contributed by atoms with E-state index in [-0.39, 0.29) is 18.1 Å². The van der Waals surface area contributed by atoms with Gasteiger partial charge < -0.3 is 15.1 Å². The van der Waals surface area contributed by atoms with Gasteiger partial charge in [-0.1, -0.05) is 19.1 Å². The first-order valence-electron chi connectivity index (χ1n) is 10.6. The molecule has 1 aliphatic heterocycles. The number of amides is 1. The van der Waals surface area contributed by atoms with Crippen LogP contribution in [0.4, 0.5) is 15.8 Å². The molecule has 4 rings (SSSR count). The van der Waals surface area contributed by atoms with Gasteiger partial charge in [-0.2, -0.15) is 0 Å². The number of halogens is 1. The van der Waals surface area contributed by atoms with Gasteiger partial charge in [0.15, 0.2) is 0 Å². The molecule has 3 aromatic rings. The number of nitrogens with one attached hydrogen (secondary N) is 1. The number of anilines is 2. The SMILES string of the molecule is CCN1CCN(c2ccc(NC(=O)Cc3csc(-c4cccc(F)c4)n3)cc2C)CC1. The first-order valence-corrected chi connectivity index (χ1v) is 11.5. The van der Waals surface area contributed by atoms with E-state index in [1.807, 2.05) is 23.6 Å². The number of likely N-dealkylation sites (N-methyl/N-ethyl adjacent to an activating group) is 1. The molecule has 0 radical (unpaired) electrons. The Kier molecular flexibility index (Phi) is 6.63. The number of piperazine rings is 1. The van der Waals surface area contributed by atoms with E-state index < -0.39 is 0 Å². The van der Waals surface area contributed by atoms with Crippen LogP contribution in [0.15, 0.2) is 47.8 Å². The molecule has 1 saturated heterocycles. The Balaban J connectivity index is 1.36. The number of rotatable bonds is 6. The zero-order valence-electron chi connectivity index (χ0n) is 17.9. The maximum Gasteiger partial charge on any atom is 0.230 e. The van der Waals surface area contributed by atoms with Crippen LogP contribution >= 0.6 is 11.3 Å². The predicted octanol–water partition coefficient (Wildman–Crippen LogP) is 4.58. The molecule has 1 aromatic heterocycles. The van der Waals surface area contributed by atoms with Gasteiger partial charge >= 0.3 is 0 Å². The van der Waals surface area contributed by atoms with Crippen molar-refractivity contribution in [3.63, 3.8) is 0 Å². The highest BCUT2D eigenvalue weighted by Gasteiger charge is 2.17. The first-order chi connectivity index (χ1) is 15.0. The molecule has 0 saturated carbocycles. The minimum absolute atomic E-state index is 0.111. The molecule has 2 aromatic carbocycles. The van der Waals surface area contributed by atoms with Gasteiger partial charge in [0.25, 0.3) is 0 Å². The standard InChI is InChI=1S/C24H27FN4OS/c1-3-28-9-11-29(12-10-28)22-8-7-20(13-17(22)2)26-23(30)15-21-16-31-24(27-21)18-5-4-6-19(25)14-18/h4-8,13-14,16H,3,9-12,15H2,1-2H3,(H,26,30). The summed E-state index contributed by atoms with van der Waals surface area (Å²) in [6.07, 6.45) is 0.186. The number of hydrogen-bond donors (Lipinski definition) is 1. The van der Waals surface area contributed by atoms with Crippen LogP contribution in [0.25, 0.3) is 10.6 Å². The Morgan fingerprint density at radius 2 is 1.97 bits per heavy atom. The minimum atomic E-state index is -0.293. The number of nitrogens with zero attached hydrogens (tertiary/aromatic N) is 3. The van der Waals surface area contributed by atoms with Gasteiger partial charge in [0.1, 0.15) is 10.8 Å². The summed E-state index contributed by atoms with van der Waals surface area (Å²) >= 11 is 1.41. The number of thiazole rings is 1. The minimum Gasteiger partial charge on any atom is -0.369 e. The Morgan fingerprint density at radius 3 is 2.68 bits per heavy atom. The molecule has 1 aliphatic rings. The number of benzene rings is 2. The average molecular weight is 439 g/mol.